The number of aliphatic hydroxyl groups is 1. The normalized spacial score (nSPS) is 18.1. The van der Waals surface area contributed by atoms with Gasteiger partial charge in [-0.3, -0.25) is 0 Å². The zero-order chi connectivity index (χ0) is 20.1. The number of para-hydroxylation sites is 1. The smallest absolute Gasteiger partial charge is 0.286 e. The maximum Gasteiger partial charge on any atom is 0.286 e. The first-order valence-corrected chi connectivity index (χ1v) is 10.4. The lowest BCUT2D eigenvalue weighted by Gasteiger charge is -2.36. The summed E-state index contributed by atoms with van der Waals surface area (Å²) in [7, 11) is -3.85. The van der Waals surface area contributed by atoms with Crippen LogP contribution >= 0.6 is 0 Å². The van der Waals surface area contributed by atoms with Crippen LogP contribution in [0.15, 0.2) is 57.5 Å². The van der Waals surface area contributed by atoms with E-state index in [1.54, 1.807) is 36.5 Å². The SMILES string of the molecule is CC(C)(C)CN1CC(C2=NS(=O)(=O)c3ccccc3N2)=C(O)c2cccnc21. The third-order valence-electron chi connectivity index (χ3n) is 4.56. The van der Waals surface area contributed by atoms with Gasteiger partial charge >= 0.3 is 0 Å². The van der Waals surface area contributed by atoms with Crippen molar-refractivity contribution >= 4 is 33.1 Å². The number of nitrogens with one attached hydrogen (secondary N) is 1. The molecule has 2 aliphatic heterocycles. The summed E-state index contributed by atoms with van der Waals surface area (Å²) < 4.78 is 29.2. The Hall–Kier alpha value is -2.87. The van der Waals surface area contributed by atoms with E-state index in [0.717, 1.165) is 0 Å². The molecule has 2 N–H and O–H groups in total. The van der Waals surface area contributed by atoms with Crippen LogP contribution in [0.25, 0.3) is 5.76 Å². The summed E-state index contributed by atoms with van der Waals surface area (Å²) in [6.07, 6.45) is 1.68. The Morgan fingerprint density at radius 2 is 1.93 bits per heavy atom. The third kappa shape index (κ3) is 3.24. The quantitative estimate of drug-likeness (QED) is 0.805. The van der Waals surface area contributed by atoms with E-state index in [9.17, 15) is 13.5 Å². The molecule has 1 aromatic carbocycles. The fraction of sp³-hybridized carbons (Fsp3) is 0.300. The fourth-order valence-electron chi connectivity index (χ4n) is 3.47. The van der Waals surface area contributed by atoms with E-state index >= 15 is 0 Å². The predicted molar refractivity (Wildman–Crippen MR) is 110 cm³/mol. The van der Waals surface area contributed by atoms with Crippen LogP contribution in [-0.2, 0) is 10.0 Å². The number of nitrogens with zero attached hydrogens (tertiary/aromatic N) is 3. The van der Waals surface area contributed by atoms with E-state index in [1.807, 2.05) is 4.90 Å². The number of sulfonamides is 1. The van der Waals surface area contributed by atoms with Crippen LogP contribution < -0.4 is 10.2 Å². The monoisotopic (exact) mass is 398 g/mol. The zero-order valence-corrected chi connectivity index (χ0v) is 16.8. The molecule has 2 aliphatic rings. The molecule has 0 saturated heterocycles. The molecule has 2 aromatic rings. The Labute approximate surface area is 164 Å². The van der Waals surface area contributed by atoms with Gasteiger partial charge in [0.2, 0.25) is 0 Å². The number of hydrogen-bond acceptors (Lipinski definition) is 6. The maximum atomic E-state index is 12.6. The summed E-state index contributed by atoms with van der Waals surface area (Å²) in [5.74, 6) is 0.817. The Bertz CT molecular complexity index is 1110. The van der Waals surface area contributed by atoms with Crippen LogP contribution in [0, 0.1) is 5.41 Å². The minimum atomic E-state index is -3.85. The molecule has 0 aliphatic carbocycles. The molecule has 0 atom stereocenters. The standard InChI is InChI=1S/C20H22N4O3S/c1-20(2,3)12-24-11-14(17(25)13-7-6-10-21-19(13)24)18-22-15-8-4-5-9-16(15)28(26,27)23-18/h4-10,25H,11-12H2,1-3H3,(H,22,23). The van der Waals surface area contributed by atoms with Gasteiger partial charge in [0.05, 0.1) is 23.4 Å². The number of benzene rings is 1. The largest absolute Gasteiger partial charge is 0.507 e. The second-order valence-electron chi connectivity index (χ2n) is 8.15. The van der Waals surface area contributed by atoms with Crippen molar-refractivity contribution in [1.29, 1.82) is 0 Å². The van der Waals surface area contributed by atoms with E-state index in [4.69, 9.17) is 0 Å². The number of amidine groups is 1. The highest BCUT2D eigenvalue weighted by atomic mass is 32.2. The van der Waals surface area contributed by atoms with Gasteiger partial charge in [-0.05, 0) is 29.7 Å². The van der Waals surface area contributed by atoms with Crippen LogP contribution in [-0.4, -0.2) is 37.4 Å². The lowest BCUT2D eigenvalue weighted by molar-refractivity contribution is 0.409. The van der Waals surface area contributed by atoms with Crippen LogP contribution in [0.4, 0.5) is 11.5 Å². The molecule has 28 heavy (non-hydrogen) atoms. The van der Waals surface area contributed by atoms with Gasteiger partial charge in [0.15, 0.2) is 5.84 Å². The molecule has 0 bridgehead atoms. The van der Waals surface area contributed by atoms with Crippen molar-refractivity contribution < 1.29 is 13.5 Å². The number of fused-ring (bicyclic) bond motifs is 2. The van der Waals surface area contributed by atoms with Gasteiger partial charge in [-0.2, -0.15) is 8.42 Å². The van der Waals surface area contributed by atoms with Gasteiger partial charge in [0, 0.05) is 12.7 Å². The summed E-state index contributed by atoms with van der Waals surface area (Å²) >= 11 is 0. The highest BCUT2D eigenvalue weighted by Crippen LogP contribution is 2.36. The van der Waals surface area contributed by atoms with Crippen LogP contribution in [0.2, 0.25) is 0 Å². The van der Waals surface area contributed by atoms with E-state index in [1.165, 1.54) is 6.07 Å². The molecule has 7 nitrogen and oxygen atoms in total. The van der Waals surface area contributed by atoms with Crippen molar-refractivity contribution in [3.8, 4) is 0 Å². The Morgan fingerprint density at radius 3 is 2.68 bits per heavy atom. The second-order valence-corrected chi connectivity index (χ2v) is 9.73. The molecular weight excluding hydrogens is 376 g/mol. The molecule has 0 saturated carbocycles. The molecule has 3 heterocycles. The number of aliphatic hydroxyl groups excluding tert-OH is 1. The van der Waals surface area contributed by atoms with Gasteiger partial charge in [-0.1, -0.05) is 32.9 Å². The molecule has 0 amide bonds. The molecule has 146 valence electrons. The summed E-state index contributed by atoms with van der Waals surface area (Å²) in [4.78, 5) is 6.60. The molecule has 0 fully saturated rings. The number of anilines is 2. The summed E-state index contributed by atoms with van der Waals surface area (Å²) in [6, 6.07) is 10.1. The average molecular weight is 398 g/mol. The van der Waals surface area contributed by atoms with Crippen molar-refractivity contribution in [3.05, 3.63) is 53.7 Å². The third-order valence-corrected chi connectivity index (χ3v) is 5.89. The topological polar surface area (TPSA) is 94.9 Å². The van der Waals surface area contributed by atoms with E-state index < -0.39 is 10.0 Å². The van der Waals surface area contributed by atoms with Crippen molar-refractivity contribution in [1.82, 2.24) is 4.98 Å². The Balaban J connectivity index is 1.83. The van der Waals surface area contributed by atoms with Gasteiger partial charge in [0.25, 0.3) is 10.0 Å². The number of aromatic nitrogens is 1. The van der Waals surface area contributed by atoms with E-state index in [-0.39, 0.29) is 21.9 Å². The van der Waals surface area contributed by atoms with Gasteiger partial charge in [-0.25, -0.2) is 4.98 Å². The lowest BCUT2D eigenvalue weighted by atomic mass is 9.93. The van der Waals surface area contributed by atoms with Gasteiger partial charge in [0.1, 0.15) is 16.5 Å². The average Bonchev–Trinajstić information content (AvgIpc) is 2.62. The van der Waals surface area contributed by atoms with Crippen LogP contribution in [0.3, 0.4) is 0 Å². The molecule has 4 rings (SSSR count). The highest BCUT2D eigenvalue weighted by molar-refractivity contribution is 7.90. The minimum absolute atomic E-state index is 0.00547. The van der Waals surface area contributed by atoms with Crippen LogP contribution in [0.5, 0.6) is 0 Å². The van der Waals surface area contributed by atoms with Crippen molar-refractivity contribution in [2.45, 2.75) is 25.7 Å². The van der Waals surface area contributed by atoms with Gasteiger partial charge in [-0.15, -0.1) is 4.40 Å². The zero-order valence-electron chi connectivity index (χ0n) is 16.0. The number of pyridine rings is 1. The predicted octanol–water partition coefficient (Wildman–Crippen LogP) is 3.43. The summed E-state index contributed by atoms with van der Waals surface area (Å²) in [6.45, 7) is 7.33. The summed E-state index contributed by atoms with van der Waals surface area (Å²) in [5, 5.41) is 14.0. The van der Waals surface area contributed by atoms with Crippen molar-refractivity contribution in [3.63, 3.8) is 0 Å². The highest BCUT2D eigenvalue weighted by Gasteiger charge is 2.33. The maximum absolute atomic E-state index is 12.6. The summed E-state index contributed by atoms with van der Waals surface area (Å²) in [5.41, 5.74) is 1.43. The van der Waals surface area contributed by atoms with Gasteiger partial charge < -0.3 is 15.3 Å². The molecule has 0 radical (unpaired) electrons. The van der Waals surface area contributed by atoms with E-state index in [2.05, 4.69) is 35.5 Å². The lowest BCUT2D eigenvalue weighted by Crippen LogP contribution is -2.40. The Kier molecular flexibility index (Phi) is 4.19. The Morgan fingerprint density at radius 1 is 1.18 bits per heavy atom. The molecular formula is C20H22N4O3S. The van der Waals surface area contributed by atoms with Crippen LogP contribution in [0.1, 0.15) is 26.3 Å². The van der Waals surface area contributed by atoms with E-state index in [0.29, 0.717) is 35.7 Å². The number of hydrogen-bond donors (Lipinski definition) is 2. The molecule has 0 spiro atoms. The van der Waals surface area contributed by atoms with Crippen molar-refractivity contribution in [2.24, 2.45) is 9.81 Å². The van der Waals surface area contributed by atoms with Crippen molar-refractivity contribution in [2.75, 3.05) is 23.3 Å². The molecule has 8 heteroatoms. The second kappa shape index (κ2) is 6.34. The fourth-order valence-corrected chi connectivity index (χ4v) is 4.61. The molecule has 0 unspecified atom stereocenters. The number of rotatable bonds is 2. The minimum Gasteiger partial charge on any atom is -0.507 e. The first kappa shape index (κ1) is 18.5. The first-order valence-electron chi connectivity index (χ1n) is 8.99. The molecule has 1 aromatic heterocycles. The first-order chi connectivity index (χ1) is 13.2.